The van der Waals surface area contributed by atoms with Gasteiger partial charge in [-0.2, -0.15) is 0 Å². The van der Waals surface area contributed by atoms with Crippen molar-refractivity contribution in [3.63, 3.8) is 0 Å². The van der Waals surface area contributed by atoms with Crippen molar-refractivity contribution in [1.82, 2.24) is 10.2 Å². The predicted molar refractivity (Wildman–Crippen MR) is 99.9 cm³/mol. The molecule has 5 nitrogen and oxygen atoms in total. The van der Waals surface area contributed by atoms with Crippen LogP contribution < -0.4 is 11.1 Å². The van der Waals surface area contributed by atoms with Gasteiger partial charge in [0, 0.05) is 6.54 Å². The third kappa shape index (κ3) is 6.16. The lowest BCUT2D eigenvalue weighted by molar-refractivity contribution is -0.127. The molecule has 2 amide bonds. The highest BCUT2D eigenvalue weighted by Gasteiger charge is 2.25. The molecule has 0 unspecified atom stereocenters. The Bertz CT molecular complexity index is 583. The molecule has 0 spiro atoms. The molecule has 0 aliphatic carbocycles. The second-order valence-corrected chi connectivity index (χ2v) is 7.61. The smallest absolute Gasteiger partial charge is 0.234 e. The fourth-order valence-electron chi connectivity index (χ4n) is 3.42. The number of nitrogens with zero attached hydrogens (tertiary/aromatic N) is 1. The van der Waals surface area contributed by atoms with Crippen molar-refractivity contribution in [2.24, 2.45) is 17.6 Å². The van der Waals surface area contributed by atoms with E-state index in [0.29, 0.717) is 19.0 Å². The van der Waals surface area contributed by atoms with E-state index in [1.807, 2.05) is 11.8 Å². The summed E-state index contributed by atoms with van der Waals surface area (Å²) in [6, 6.07) is 8.43. The number of rotatable bonds is 7. The Morgan fingerprint density at radius 1 is 1.24 bits per heavy atom. The SMILES string of the molecule is CC(C)Cc1ccc([C@H](C)NC(=O)CN2CCC[C@@H](C(N)=O)C2)cc1. The summed E-state index contributed by atoms with van der Waals surface area (Å²) in [5.74, 6) is 0.230. The number of primary amides is 1. The molecular formula is C20H31N3O2. The third-order valence-corrected chi connectivity index (χ3v) is 4.78. The lowest BCUT2D eigenvalue weighted by Gasteiger charge is -2.30. The fourth-order valence-corrected chi connectivity index (χ4v) is 3.42. The van der Waals surface area contributed by atoms with Gasteiger partial charge in [0.15, 0.2) is 0 Å². The average Bonchev–Trinajstić information content (AvgIpc) is 2.55. The number of hydrogen-bond donors (Lipinski definition) is 2. The second-order valence-electron chi connectivity index (χ2n) is 7.61. The minimum atomic E-state index is -0.264. The Hall–Kier alpha value is -1.88. The van der Waals surface area contributed by atoms with Crippen molar-refractivity contribution in [2.75, 3.05) is 19.6 Å². The standard InChI is InChI=1S/C20H31N3O2/c1-14(2)11-16-6-8-17(9-7-16)15(3)22-19(24)13-23-10-4-5-18(12-23)20(21)25/h6-9,14-15,18H,4-5,10-13H2,1-3H3,(H2,21,25)(H,22,24)/t15-,18+/m0/s1. The van der Waals surface area contributed by atoms with E-state index in [4.69, 9.17) is 5.73 Å². The normalized spacial score (nSPS) is 19.6. The molecule has 0 radical (unpaired) electrons. The largest absolute Gasteiger partial charge is 0.369 e. The molecule has 1 aliphatic rings. The first-order chi connectivity index (χ1) is 11.8. The van der Waals surface area contributed by atoms with Gasteiger partial charge in [-0.15, -0.1) is 0 Å². The minimum Gasteiger partial charge on any atom is -0.369 e. The van der Waals surface area contributed by atoms with Crippen LogP contribution in [0.2, 0.25) is 0 Å². The van der Waals surface area contributed by atoms with Gasteiger partial charge in [0.1, 0.15) is 0 Å². The highest BCUT2D eigenvalue weighted by atomic mass is 16.2. The number of hydrogen-bond acceptors (Lipinski definition) is 3. The van der Waals surface area contributed by atoms with Gasteiger partial charge in [0.2, 0.25) is 11.8 Å². The summed E-state index contributed by atoms with van der Waals surface area (Å²) < 4.78 is 0. The molecule has 0 bridgehead atoms. The molecular weight excluding hydrogens is 314 g/mol. The number of benzene rings is 1. The van der Waals surface area contributed by atoms with E-state index in [0.717, 1.165) is 31.4 Å². The summed E-state index contributed by atoms with van der Waals surface area (Å²) >= 11 is 0. The number of likely N-dealkylation sites (tertiary alicyclic amines) is 1. The zero-order chi connectivity index (χ0) is 18.4. The number of carbonyl (C=O) groups is 2. The molecule has 25 heavy (non-hydrogen) atoms. The Kier molecular flexibility index (Phi) is 7.00. The van der Waals surface area contributed by atoms with Crippen LogP contribution in [0, 0.1) is 11.8 Å². The Labute approximate surface area is 151 Å². The van der Waals surface area contributed by atoms with Gasteiger partial charge < -0.3 is 11.1 Å². The quantitative estimate of drug-likeness (QED) is 0.796. The van der Waals surface area contributed by atoms with Gasteiger partial charge in [-0.3, -0.25) is 14.5 Å². The van der Waals surface area contributed by atoms with Crippen molar-refractivity contribution >= 4 is 11.8 Å². The first-order valence-corrected chi connectivity index (χ1v) is 9.25. The highest BCUT2D eigenvalue weighted by molar-refractivity contribution is 5.79. The van der Waals surface area contributed by atoms with E-state index in [9.17, 15) is 9.59 Å². The van der Waals surface area contributed by atoms with Gasteiger partial charge in [0.25, 0.3) is 0 Å². The first-order valence-electron chi connectivity index (χ1n) is 9.25. The molecule has 1 aliphatic heterocycles. The topological polar surface area (TPSA) is 75.4 Å². The maximum Gasteiger partial charge on any atom is 0.234 e. The van der Waals surface area contributed by atoms with E-state index < -0.39 is 0 Å². The fraction of sp³-hybridized carbons (Fsp3) is 0.600. The van der Waals surface area contributed by atoms with Crippen LogP contribution in [-0.4, -0.2) is 36.3 Å². The second kappa shape index (κ2) is 8.99. The molecule has 1 fully saturated rings. The molecule has 2 atom stereocenters. The average molecular weight is 345 g/mol. The first kappa shape index (κ1) is 19.4. The summed E-state index contributed by atoms with van der Waals surface area (Å²) in [6.07, 6.45) is 2.80. The summed E-state index contributed by atoms with van der Waals surface area (Å²) in [5.41, 5.74) is 7.82. The van der Waals surface area contributed by atoms with E-state index in [-0.39, 0.29) is 23.8 Å². The molecule has 138 valence electrons. The maximum atomic E-state index is 12.3. The van der Waals surface area contributed by atoms with Crippen LogP contribution in [0.3, 0.4) is 0 Å². The van der Waals surface area contributed by atoms with Crippen LogP contribution in [0.4, 0.5) is 0 Å². The molecule has 0 aromatic heterocycles. The van der Waals surface area contributed by atoms with Crippen molar-refractivity contribution in [1.29, 1.82) is 0 Å². The van der Waals surface area contributed by atoms with E-state index in [2.05, 4.69) is 43.4 Å². The van der Waals surface area contributed by atoms with E-state index in [1.54, 1.807) is 0 Å². The van der Waals surface area contributed by atoms with Crippen LogP contribution in [-0.2, 0) is 16.0 Å². The van der Waals surface area contributed by atoms with Gasteiger partial charge in [-0.05, 0) is 49.8 Å². The van der Waals surface area contributed by atoms with Crippen molar-refractivity contribution in [2.45, 2.75) is 46.1 Å². The maximum absolute atomic E-state index is 12.3. The van der Waals surface area contributed by atoms with Gasteiger partial charge in [-0.1, -0.05) is 38.1 Å². The van der Waals surface area contributed by atoms with E-state index >= 15 is 0 Å². The van der Waals surface area contributed by atoms with Crippen LogP contribution in [0.5, 0.6) is 0 Å². The van der Waals surface area contributed by atoms with Gasteiger partial charge >= 0.3 is 0 Å². The molecule has 1 aromatic carbocycles. The highest BCUT2D eigenvalue weighted by Crippen LogP contribution is 2.17. The lowest BCUT2D eigenvalue weighted by Crippen LogP contribution is -2.45. The number of nitrogens with one attached hydrogen (secondary N) is 1. The molecule has 5 heteroatoms. The molecule has 0 saturated carbocycles. The molecule has 1 aromatic rings. The summed E-state index contributed by atoms with van der Waals surface area (Å²) in [6.45, 7) is 8.16. The number of nitrogens with two attached hydrogens (primary N) is 1. The predicted octanol–water partition coefficient (Wildman–Crippen LogP) is 2.26. The molecule has 3 N–H and O–H groups in total. The summed E-state index contributed by atoms with van der Waals surface area (Å²) in [5, 5.41) is 3.05. The summed E-state index contributed by atoms with van der Waals surface area (Å²) in [4.78, 5) is 25.7. The molecule has 1 saturated heterocycles. The Balaban J connectivity index is 1.84. The number of piperidine rings is 1. The monoisotopic (exact) mass is 345 g/mol. The zero-order valence-electron chi connectivity index (χ0n) is 15.6. The number of carbonyl (C=O) groups excluding carboxylic acids is 2. The van der Waals surface area contributed by atoms with Gasteiger partial charge in [0.05, 0.1) is 18.5 Å². The van der Waals surface area contributed by atoms with Crippen LogP contribution in [0.25, 0.3) is 0 Å². The van der Waals surface area contributed by atoms with Crippen LogP contribution in [0.1, 0.15) is 50.8 Å². The lowest BCUT2D eigenvalue weighted by atomic mass is 9.97. The Morgan fingerprint density at radius 3 is 2.52 bits per heavy atom. The zero-order valence-corrected chi connectivity index (χ0v) is 15.6. The van der Waals surface area contributed by atoms with Crippen LogP contribution >= 0.6 is 0 Å². The Morgan fingerprint density at radius 2 is 1.92 bits per heavy atom. The number of amides is 2. The van der Waals surface area contributed by atoms with Gasteiger partial charge in [-0.25, -0.2) is 0 Å². The van der Waals surface area contributed by atoms with Crippen molar-refractivity contribution in [3.8, 4) is 0 Å². The third-order valence-electron chi connectivity index (χ3n) is 4.78. The van der Waals surface area contributed by atoms with Crippen LogP contribution in [0.15, 0.2) is 24.3 Å². The minimum absolute atomic E-state index is 0.0103. The van der Waals surface area contributed by atoms with Crippen molar-refractivity contribution < 1.29 is 9.59 Å². The molecule has 1 heterocycles. The molecule has 2 rings (SSSR count). The van der Waals surface area contributed by atoms with Crippen molar-refractivity contribution in [3.05, 3.63) is 35.4 Å². The summed E-state index contributed by atoms with van der Waals surface area (Å²) in [7, 11) is 0. The van der Waals surface area contributed by atoms with E-state index in [1.165, 1.54) is 5.56 Å².